The Morgan fingerprint density at radius 3 is 2.74 bits per heavy atom. The minimum Gasteiger partial charge on any atom is -0.486 e. The van der Waals surface area contributed by atoms with E-state index in [4.69, 9.17) is 23.0 Å². The summed E-state index contributed by atoms with van der Waals surface area (Å²) >= 11 is 0. The zero-order valence-corrected chi connectivity index (χ0v) is 16.3. The van der Waals surface area contributed by atoms with Crippen molar-refractivity contribution in [3.8, 4) is 35.0 Å². The van der Waals surface area contributed by atoms with E-state index in [0.717, 1.165) is 11.3 Å². The summed E-state index contributed by atoms with van der Waals surface area (Å²) in [6, 6.07) is 20.7. The van der Waals surface area contributed by atoms with Gasteiger partial charge in [0, 0.05) is 6.54 Å². The van der Waals surface area contributed by atoms with Gasteiger partial charge in [-0.2, -0.15) is 10.2 Å². The second kappa shape index (κ2) is 8.16. The maximum atomic E-state index is 9.42. The maximum absolute atomic E-state index is 9.42. The Kier molecular flexibility index (Phi) is 4.91. The predicted molar refractivity (Wildman–Crippen MR) is 110 cm³/mol. The molecule has 154 valence electrons. The molecule has 0 spiro atoms. The van der Waals surface area contributed by atoms with Gasteiger partial charge in [0.15, 0.2) is 17.3 Å². The summed E-state index contributed by atoms with van der Waals surface area (Å²) in [6.07, 6.45) is 0. The van der Waals surface area contributed by atoms with Gasteiger partial charge in [-0.05, 0) is 42.0 Å². The number of benzene rings is 2. The Hall–Kier alpha value is -4.38. The summed E-state index contributed by atoms with van der Waals surface area (Å²) in [7, 11) is 0. The molecule has 8 nitrogen and oxygen atoms in total. The highest BCUT2D eigenvalue weighted by atomic mass is 16.7. The van der Waals surface area contributed by atoms with Crippen LogP contribution in [0.1, 0.15) is 17.0 Å². The number of rotatable bonds is 7. The van der Waals surface area contributed by atoms with Crippen LogP contribution in [0.2, 0.25) is 0 Å². The third-order valence-electron chi connectivity index (χ3n) is 4.62. The fraction of sp³-hybridized carbons (Fsp3) is 0.130. The lowest BCUT2D eigenvalue weighted by atomic mass is 10.2. The molecule has 0 atom stereocenters. The van der Waals surface area contributed by atoms with Crippen molar-refractivity contribution in [1.29, 1.82) is 5.26 Å². The fourth-order valence-corrected chi connectivity index (χ4v) is 3.10. The Morgan fingerprint density at radius 1 is 1.00 bits per heavy atom. The van der Waals surface area contributed by atoms with Gasteiger partial charge in [-0.25, -0.2) is 0 Å². The molecule has 0 fully saturated rings. The summed E-state index contributed by atoms with van der Waals surface area (Å²) in [5.41, 5.74) is 1.10. The SMILES string of the molecule is N#Cc1nc(-c2ccc(COc3ccccc3)o2)oc1NCc1ccc2c(c1)OCO2. The van der Waals surface area contributed by atoms with Crippen molar-refractivity contribution in [3.05, 3.63) is 77.7 Å². The Balaban J connectivity index is 1.27. The monoisotopic (exact) mass is 415 g/mol. The number of nitrogens with one attached hydrogen (secondary N) is 1. The van der Waals surface area contributed by atoms with Crippen LogP contribution in [0.4, 0.5) is 5.88 Å². The number of anilines is 1. The Morgan fingerprint density at radius 2 is 1.87 bits per heavy atom. The molecule has 0 bridgehead atoms. The molecule has 8 heteroatoms. The highest BCUT2D eigenvalue weighted by Gasteiger charge is 2.18. The van der Waals surface area contributed by atoms with Gasteiger partial charge < -0.3 is 28.4 Å². The highest BCUT2D eigenvalue weighted by Crippen LogP contribution is 2.33. The summed E-state index contributed by atoms with van der Waals surface area (Å²) < 4.78 is 27.9. The van der Waals surface area contributed by atoms with Crippen LogP contribution in [-0.4, -0.2) is 11.8 Å². The van der Waals surface area contributed by atoms with Gasteiger partial charge in [-0.1, -0.05) is 24.3 Å². The minimum absolute atomic E-state index is 0.147. The predicted octanol–water partition coefficient (Wildman–Crippen LogP) is 4.73. The molecule has 0 amide bonds. The first-order valence-electron chi connectivity index (χ1n) is 9.59. The number of oxazole rings is 1. The van der Waals surface area contributed by atoms with E-state index in [1.807, 2.05) is 54.6 Å². The molecule has 3 heterocycles. The van der Waals surface area contributed by atoms with E-state index in [9.17, 15) is 5.26 Å². The molecule has 31 heavy (non-hydrogen) atoms. The first kappa shape index (κ1) is 18.6. The van der Waals surface area contributed by atoms with Crippen molar-refractivity contribution < 1.29 is 23.0 Å². The molecule has 1 aliphatic heterocycles. The van der Waals surface area contributed by atoms with Crippen LogP contribution in [0, 0.1) is 11.3 Å². The lowest BCUT2D eigenvalue weighted by molar-refractivity contribution is 0.174. The summed E-state index contributed by atoms with van der Waals surface area (Å²) in [4.78, 5) is 4.23. The van der Waals surface area contributed by atoms with Crippen molar-refractivity contribution in [2.75, 3.05) is 12.1 Å². The Bertz CT molecular complexity index is 1240. The third-order valence-corrected chi connectivity index (χ3v) is 4.62. The molecule has 0 saturated heterocycles. The van der Waals surface area contributed by atoms with Crippen LogP contribution in [0.5, 0.6) is 17.2 Å². The van der Waals surface area contributed by atoms with Crippen LogP contribution < -0.4 is 19.5 Å². The molecule has 4 aromatic rings. The molecule has 0 unspecified atom stereocenters. The Labute approximate surface area is 177 Å². The van der Waals surface area contributed by atoms with E-state index in [1.165, 1.54) is 0 Å². The van der Waals surface area contributed by atoms with Crippen molar-refractivity contribution in [1.82, 2.24) is 4.98 Å². The van der Waals surface area contributed by atoms with Crippen LogP contribution in [0.15, 0.2) is 69.5 Å². The lowest BCUT2D eigenvalue weighted by Gasteiger charge is -2.04. The van der Waals surface area contributed by atoms with Crippen molar-refractivity contribution in [2.24, 2.45) is 0 Å². The van der Waals surface area contributed by atoms with Gasteiger partial charge in [0.1, 0.15) is 24.2 Å². The number of nitrogens with zero attached hydrogens (tertiary/aromatic N) is 2. The first-order valence-corrected chi connectivity index (χ1v) is 9.59. The number of furan rings is 1. The maximum Gasteiger partial charge on any atom is 0.266 e. The number of hydrogen-bond donors (Lipinski definition) is 1. The highest BCUT2D eigenvalue weighted by molar-refractivity contribution is 5.55. The fourth-order valence-electron chi connectivity index (χ4n) is 3.10. The van der Waals surface area contributed by atoms with Gasteiger partial charge in [-0.3, -0.25) is 0 Å². The van der Waals surface area contributed by atoms with Gasteiger partial charge in [0.2, 0.25) is 18.4 Å². The van der Waals surface area contributed by atoms with Gasteiger partial charge in [0.25, 0.3) is 5.89 Å². The molecule has 1 aliphatic rings. The molecule has 1 N–H and O–H groups in total. The third kappa shape index (κ3) is 4.02. The zero-order chi connectivity index (χ0) is 21.0. The smallest absolute Gasteiger partial charge is 0.266 e. The van der Waals surface area contributed by atoms with Crippen LogP contribution >= 0.6 is 0 Å². The van der Waals surface area contributed by atoms with E-state index >= 15 is 0 Å². The second-order valence-electron chi connectivity index (χ2n) is 6.72. The van der Waals surface area contributed by atoms with E-state index in [1.54, 1.807) is 12.1 Å². The van der Waals surface area contributed by atoms with E-state index < -0.39 is 0 Å². The summed E-state index contributed by atoms with van der Waals surface area (Å²) in [6.45, 7) is 0.914. The normalized spacial score (nSPS) is 11.8. The second-order valence-corrected chi connectivity index (χ2v) is 6.72. The first-order chi connectivity index (χ1) is 15.3. The van der Waals surface area contributed by atoms with Crippen LogP contribution in [-0.2, 0) is 13.2 Å². The topological polar surface area (TPSA) is 103 Å². The summed E-state index contributed by atoms with van der Waals surface area (Å²) in [5.74, 6) is 3.68. The van der Waals surface area contributed by atoms with Crippen molar-refractivity contribution >= 4 is 5.88 Å². The number of hydrogen-bond acceptors (Lipinski definition) is 8. The average molecular weight is 415 g/mol. The van der Waals surface area contributed by atoms with Gasteiger partial charge >= 0.3 is 0 Å². The van der Waals surface area contributed by atoms with Crippen molar-refractivity contribution in [3.63, 3.8) is 0 Å². The molecule has 0 saturated carbocycles. The molecule has 2 aromatic carbocycles. The van der Waals surface area contributed by atoms with Crippen LogP contribution in [0.3, 0.4) is 0 Å². The quantitative estimate of drug-likeness (QED) is 0.462. The molecular weight excluding hydrogens is 398 g/mol. The molecular formula is C23H17N3O5. The molecule has 0 aliphatic carbocycles. The van der Waals surface area contributed by atoms with E-state index in [0.29, 0.717) is 29.6 Å². The van der Waals surface area contributed by atoms with Crippen LogP contribution in [0.25, 0.3) is 11.7 Å². The van der Waals surface area contributed by atoms with Gasteiger partial charge in [-0.15, -0.1) is 0 Å². The number of aromatic nitrogens is 1. The van der Waals surface area contributed by atoms with Gasteiger partial charge in [0.05, 0.1) is 0 Å². The molecule has 2 aromatic heterocycles. The molecule has 0 radical (unpaired) electrons. The number of nitriles is 1. The van der Waals surface area contributed by atoms with E-state index in [-0.39, 0.29) is 30.9 Å². The average Bonchev–Trinajstić information content (AvgIpc) is 3.55. The summed E-state index contributed by atoms with van der Waals surface area (Å²) in [5, 5.41) is 12.5. The largest absolute Gasteiger partial charge is 0.486 e. The molecule has 5 rings (SSSR count). The van der Waals surface area contributed by atoms with E-state index in [2.05, 4.69) is 10.3 Å². The minimum atomic E-state index is 0.147. The lowest BCUT2D eigenvalue weighted by Crippen LogP contribution is -1.99. The zero-order valence-electron chi connectivity index (χ0n) is 16.3. The number of ether oxygens (including phenoxy) is 3. The van der Waals surface area contributed by atoms with Crippen molar-refractivity contribution in [2.45, 2.75) is 13.2 Å². The number of para-hydroxylation sites is 1. The standard InChI is InChI=1S/C23H17N3O5/c24-11-18-22(25-12-15-6-8-19-21(10-15)29-14-28-19)31-23(26-18)20-9-7-17(30-20)13-27-16-4-2-1-3-5-16/h1-10,25H,12-14H2. The number of fused-ring (bicyclic) bond motifs is 1.